The zero-order valence-corrected chi connectivity index (χ0v) is 10.8. The Morgan fingerprint density at radius 1 is 1.24 bits per heavy atom. The lowest BCUT2D eigenvalue weighted by molar-refractivity contribution is -0.150. The van der Waals surface area contributed by atoms with Crippen LogP contribution in [0.25, 0.3) is 0 Å². The van der Waals surface area contributed by atoms with Crippen molar-refractivity contribution in [2.24, 2.45) is 17.3 Å². The lowest BCUT2D eigenvalue weighted by atomic mass is 9.47. The maximum absolute atomic E-state index is 6.25. The van der Waals surface area contributed by atoms with Gasteiger partial charge < -0.3 is 14.6 Å². The minimum Gasteiger partial charge on any atom is -0.405 e. The summed E-state index contributed by atoms with van der Waals surface area (Å²) in [7, 11) is 0.0302. The van der Waals surface area contributed by atoms with Crippen LogP contribution in [0, 0.1) is 17.3 Å². The van der Waals surface area contributed by atoms with Crippen LogP contribution in [0.5, 0.6) is 0 Å². The second kappa shape index (κ2) is 3.49. The van der Waals surface area contributed by atoms with Gasteiger partial charge in [0, 0.05) is 5.94 Å². The molecule has 2 aliphatic heterocycles. The van der Waals surface area contributed by atoms with Gasteiger partial charge in [0.1, 0.15) is 0 Å². The van der Waals surface area contributed by atoms with Gasteiger partial charge in [-0.15, -0.1) is 0 Å². The van der Waals surface area contributed by atoms with Crippen molar-refractivity contribution in [1.29, 1.82) is 0 Å². The first-order valence-corrected chi connectivity index (χ1v) is 7.20. The van der Waals surface area contributed by atoms with Gasteiger partial charge in [-0.1, -0.05) is 13.8 Å². The Morgan fingerprint density at radius 2 is 2.12 bits per heavy atom. The van der Waals surface area contributed by atoms with Gasteiger partial charge in [0.25, 0.3) is 0 Å². The summed E-state index contributed by atoms with van der Waals surface area (Å²) in [4.78, 5) is 0. The third-order valence-electron chi connectivity index (χ3n) is 5.85. The van der Waals surface area contributed by atoms with Crippen LogP contribution >= 0.6 is 0 Å². The van der Waals surface area contributed by atoms with Crippen molar-refractivity contribution in [3.8, 4) is 0 Å². The molecule has 94 valence electrons. The van der Waals surface area contributed by atoms with Gasteiger partial charge >= 0.3 is 7.12 Å². The van der Waals surface area contributed by atoms with Gasteiger partial charge in [-0.2, -0.15) is 0 Å². The van der Waals surface area contributed by atoms with E-state index in [-0.39, 0.29) is 7.12 Å². The number of hydrogen-bond acceptors (Lipinski definition) is 3. The van der Waals surface area contributed by atoms with E-state index < -0.39 is 0 Å². The molecule has 0 spiro atoms. The summed E-state index contributed by atoms with van der Waals surface area (Å²) in [6.07, 6.45) is 5.82. The number of nitrogens with one attached hydrogen (secondary N) is 1. The van der Waals surface area contributed by atoms with Crippen molar-refractivity contribution in [3.63, 3.8) is 0 Å². The van der Waals surface area contributed by atoms with Crippen molar-refractivity contribution in [2.45, 2.75) is 57.7 Å². The smallest absolute Gasteiger partial charge is 0.405 e. The molecule has 0 aromatic carbocycles. The number of hydrogen-bond donors (Lipinski definition) is 1. The molecule has 2 heterocycles. The van der Waals surface area contributed by atoms with E-state index in [1.807, 2.05) is 0 Å². The molecule has 2 saturated heterocycles. The lowest BCUT2D eigenvalue weighted by Crippen LogP contribution is -2.59. The Kier molecular flexibility index (Phi) is 2.22. The highest BCUT2D eigenvalue weighted by Gasteiger charge is 2.62. The molecule has 4 heteroatoms. The Morgan fingerprint density at radius 3 is 2.82 bits per heavy atom. The molecule has 3 nitrogen and oxygen atoms in total. The first kappa shape index (κ1) is 10.8. The monoisotopic (exact) mass is 235 g/mol. The Bertz CT molecular complexity index is 329. The molecule has 0 radical (unpaired) electrons. The molecule has 5 unspecified atom stereocenters. The minimum absolute atomic E-state index is 0.0302. The van der Waals surface area contributed by atoms with Crippen molar-refractivity contribution in [2.75, 3.05) is 6.54 Å². The molecule has 0 amide bonds. The summed E-state index contributed by atoms with van der Waals surface area (Å²) in [6, 6.07) is 0. The van der Waals surface area contributed by atoms with Crippen LogP contribution < -0.4 is 5.32 Å². The predicted molar refractivity (Wildman–Crippen MR) is 66.5 cm³/mol. The summed E-state index contributed by atoms with van der Waals surface area (Å²) < 4.78 is 12.4. The van der Waals surface area contributed by atoms with Crippen LogP contribution in [0.3, 0.4) is 0 Å². The van der Waals surface area contributed by atoms with Crippen LogP contribution in [0.2, 0.25) is 0 Å². The quantitative estimate of drug-likeness (QED) is 0.700. The highest BCUT2D eigenvalue weighted by molar-refractivity contribution is 6.47. The fourth-order valence-corrected chi connectivity index (χ4v) is 4.50. The molecular formula is C13H22BNO2. The Hall–Kier alpha value is -0.0551. The summed E-state index contributed by atoms with van der Waals surface area (Å²) in [5.74, 6) is 2.05. The maximum atomic E-state index is 6.25. The Balaban J connectivity index is 1.50. The van der Waals surface area contributed by atoms with Crippen LogP contribution in [0.4, 0.5) is 0 Å². The first-order chi connectivity index (χ1) is 8.16. The van der Waals surface area contributed by atoms with Gasteiger partial charge in [0.2, 0.25) is 0 Å². The minimum atomic E-state index is 0.0302. The molecule has 1 N–H and O–H groups in total. The third-order valence-corrected chi connectivity index (χ3v) is 5.85. The topological polar surface area (TPSA) is 30.5 Å². The fourth-order valence-electron chi connectivity index (χ4n) is 4.50. The molecule has 2 bridgehead atoms. The highest BCUT2D eigenvalue weighted by Crippen LogP contribution is 2.61. The zero-order valence-electron chi connectivity index (χ0n) is 10.8. The van der Waals surface area contributed by atoms with Crippen LogP contribution in [-0.4, -0.2) is 31.8 Å². The van der Waals surface area contributed by atoms with Gasteiger partial charge in [-0.3, -0.25) is 0 Å². The average molecular weight is 235 g/mol. The summed E-state index contributed by atoms with van der Waals surface area (Å²) in [6.45, 7) is 5.94. The van der Waals surface area contributed by atoms with Gasteiger partial charge in [-0.05, 0) is 49.5 Å². The standard InChI is InChI=1S/C13H22BNO2/c1-13(2)8-6-9(13)12-10(7-8)16-14(17-12)11-4-3-5-15-11/h8-12,15H,3-7H2,1-2H3. The van der Waals surface area contributed by atoms with Crippen LogP contribution in [-0.2, 0) is 9.31 Å². The second-order valence-electron chi connectivity index (χ2n) is 6.94. The second-order valence-corrected chi connectivity index (χ2v) is 6.94. The highest BCUT2D eigenvalue weighted by atomic mass is 16.7. The summed E-state index contributed by atoms with van der Waals surface area (Å²) in [5, 5.41) is 3.51. The zero-order chi connectivity index (χ0) is 11.6. The van der Waals surface area contributed by atoms with E-state index in [4.69, 9.17) is 9.31 Å². The van der Waals surface area contributed by atoms with E-state index in [1.54, 1.807) is 0 Å². The van der Waals surface area contributed by atoms with Crippen molar-refractivity contribution < 1.29 is 9.31 Å². The molecule has 5 atom stereocenters. The summed E-state index contributed by atoms with van der Waals surface area (Å²) in [5.41, 5.74) is 0.489. The van der Waals surface area contributed by atoms with E-state index >= 15 is 0 Å². The van der Waals surface area contributed by atoms with Gasteiger partial charge in [0.15, 0.2) is 0 Å². The SMILES string of the molecule is CC1(C)C2CC3OB(C4CCCN4)OC3C1C2. The van der Waals surface area contributed by atoms with E-state index in [9.17, 15) is 0 Å². The molecule has 5 fully saturated rings. The molecule has 0 aromatic heterocycles. The van der Waals surface area contributed by atoms with Gasteiger partial charge in [-0.25, -0.2) is 0 Å². The van der Waals surface area contributed by atoms with Crippen LogP contribution in [0.15, 0.2) is 0 Å². The largest absolute Gasteiger partial charge is 0.475 e. The molecule has 5 rings (SSSR count). The Labute approximate surface area is 104 Å². The van der Waals surface area contributed by atoms with Crippen molar-refractivity contribution in [3.05, 3.63) is 0 Å². The molecular weight excluding hydrogens is 213 g/mol. The maximum Gasteiger partial charge on any atom is 0.475 e. The van der Waals surface area contributed by atoms with Crippen molar-refractivity contribution in [1.82, 2.24) is 5.32 Å². The first-order valence-electron chi connectivity index (χ1n) is 7.20. The van der Waals surface area contributed by atoms with Crippen LogP contribution in [0.1, 0.15) is 39.5 Å². The van der Waals surface area contributed by atoms with E-state index in [1.165, 1.54) is 25.7 Å². The van der Waals surface area contributed by atoms with Gasteiger partial charge in [0.05, 0.1) is 12.2 Å². The predicted octanol–water partition coefficient (Wildman–Crippen LogP) is 1.62. The van der Waals surface area contributed by atoms with E-state index in [2.05, 4.69) is 19.2 Å². The molecule has 5 aliphatic rings. The summed E-state index contributed by atoms with van der Waals surface area (Å²) >= 11 is 0. The van der Waals surface area contributed by atoms with E-state index in [0.29, 0.717) is 23.6 Å². The third kappa shape index (κ3) is 1.41. The lowest BCUT2D eigenvalue weighted by Gasteiger charge is -2.60. The van der Waals surface area contributed by atoms with E-state index in [0.717, 1.165) is 18.4 Å². The molecule has 0 aromatic rings. The molecule has 3 saturated carbocycles. The van der Waals surface area contributed by atoms with Crippen molar-refractivity contribution >= 4 is 7.12 Å². The normalized spacial score (nSPS) is 51.2. The fraction of sp³-hybridized carbons (Fsp3) is 1.00. The molecule has 17 heavy (non-hydrogen) atoms. The number of rotatable bonds is 1. The average Bonchev–Trinajstić information content (AvgIpc) is 2.96. The molecule has 3 aliphatic carbocycles.